The fraction of sp³-hybridized carbons (Fsp3) is 0. The molecule has 0 aliphatic rings. The molecule has 6 heteroatoms. The lowest BCUT2D eigenvalue weighted by Crippen LogP contribution is -1.98. The van der Waals surface area contributed by atoms with Gasteiger partial charge in [0.05, 0.1) is 30.0 Å². The van der Waals surface area contributed by atoms with Crippen LogP contribution in [0.5, 0.6) is 0 Å². The van der Waals surface area contributed by atoms with E-state index in [1.807, 2.05) is 12.1 Å². The number of aromatic nitrogens is 2. The van der Waals surface area contributed by atoms with Crippen molar-refractivity contribution in [3.05, 3.63) is 153 Å². The van der Waals surface area contributed by atoms with E-state index in [2.05, 4.69) is 165 Å². The summed E-state index contributed by atoms with van der Waals surface area (Å²) >= 11 is 10.8. The molecule has 0 N–H and O–H groups in total. The molecule has 8 rings (SSSR count). The van der Waals surface area contributed by atoms with Gasteiger partial charge in [0.1, 0.15) is 0 Å². The summed E-state index contributed by atoms with van der Waals surface area (Å²) in [5.74, 6) is 0. The molecule has 0 aliphatic carbocycles. The summed E-state index contributed by atoms with van der Waals surface area (Å²) < 4.78 is 2.17. The van der Waals surface area contributed by atoms with E-state index in [0.717, 1.165) is 62.0 Å². The molecule has 0 atom stereocenters. The largest absolute Gasteiger partial charge is 0.243 e. The maximum absolute atomic E-state index is 5.51. The average molecular weight is 757 g/mol. The molecule has 0 unspecified atom stereocenters. The van der Waals surface area contributed by atoms with Crippen LogP contribution in [0.25, 0.3) is 76.7 Å². The van der Waals surface area contributed by atoms with Gasteiger partial charge in [-0.05, 0) is 78.4 Å². The number of benzene rings is 5. The third-order valence-electron chi connectivity index (χ3n) is 8.03. The number of halogens is 2. The van der Waals surface area contributed by atoms with Crippen LogP contribution in [0.1, 0.15) is 0 Å². The molecular formula is C40H24Br2N2S2. The summed E-state index contributed by atoms with van der Waals surface area (Å²) in [4.78, 5) is 13.3. The van der Waals surface area contributed by atoms with Crippen LogP contribution < -0.4 is 0 Å². The fourth-order valence-corrected chi connectivity index (χ4v) is 8.58. The van der Waals surface area contributed by atoms with Crippen LogP contribution in [0.15, 0.2) is 153 Å². The third kappa shape index (κ3) is 5.67. The second-order valence-corrected chi connectivity index (χ2v) is 15.8. The monoisotopic (exact) mass is 754 g/mol. The average Bonchev–Trinajstić information content (AvgIpc) is 3.76. The summed E-state index contributed by atoms with van der Waals surface area (Å²) in [6, 6.07) is 51.2. The topological polar surface area (TPSA) is 25.8 Å². The van der Waals surface area contributed by atoms with Gasteiger partial charge in [0.25, 0.3) is 0 Å². The van der Waals surface area contributed by atoms with Gasteiger partial charge in [-0.3, -0.25) is 0 Å². The molecule has 0 fully saturated rings. The summed E-state index contributed by atoms with van der Waals surface area (Å²) in [5, 5.41) is 0. The lowest BCUT2D eigenvalue weighted by atomic mass is 9.97. The van der Waals surface area contributed by atoms with Gasteiger partial charge in [-0.1, -0.05) is 121 Å². The van der Waals surface area contributed by atoms with Crippen molar-refractivity contribution in [1.29, 1.82) is 0 Å². The van der Waals surface area contributed by atoms with Gasteiger partial charge in [0.2, 0.25) is 0 Å². The van der Waals surface area contributed by atoms with E-state index in [1.165, 1.54) is 22.3 Å². The molecule has 0 spiro atoms. The molecule has 5 aromatic carbocycles. The van der Waals surface area contributed by atoms with Crippen LogP contribution in [-0.2, 0) is 0 Å². The number of hydrogen-bond acceptors (Lipinski definition) is 4. The molecule has 2 nitrogen and oxygen atoms in total. The first-order chi connectivity index (χ1) is 22.6. The van der Waals surface area contributed by atoms with Gasteiger partial charge in [0, 0.05) is 32.0 Å². The zero-order chi connectivity index (χ0) is 31.0. The number of hydrogen-bond donors (Lipinski definition) is 0. The van der Waals surface area contributed by atoms with E-state index in [1.54, 1.807) is 22.7 Å². The number of fused-ring (bicyclic) bond motifs is 1. The van der Waals surface area contributed by atoms with Crippen molar-refractivity contribution >= 4 is 65.6 Å². The summed E-state index contributed by atoms with van der Waals surface area (Å²) in [5.41, 5.74) is 12.4. The Kier molecular flexibility index (Phi) is 7.96. The molecule has 3 heterocycles. The van der Waals surface area contributed by atoms with Gasteiger partial charge in [-0.25, -0.2) is 9.97 Å². The Morgan fingerprint density at radius 2 is 0.696 bits per heavy atom. The van der Waals surface area contributed by atoms with E-state index in [0.29, 0.717) is 0 Å². The van der Waals surface area contributed by atoms with Crippen LogP contribution in [0.4, 0.5) is 0 Å². The van der Waals surface area contributed by atoms with E-state index in [9.17, 15) is 0 Å². The zero-order valence-corrected chi connectivity index (χ0v) is 29.1. The first-order valence-electron chi connectivity index (χ1n) is 14.8. The van der Waals surface area contributed by atoms with Crippen molar-refractivity contribution in [1.82, 2.24) is 9.97 Å². The third-order valence-corrected chi connectivity index (χ3v) is 11.3. The summed E-state index contributed by atoms with van der Waals surface area (Å²) in [7, 11) is 0. The Hall–Kier alpha value is -4.20. The highest BCUT2D eigenvalue weighted by atomic mass is 79.9. The molecule has 46 heavy (non-hydrogen) atoms. The number of nitrogens with zero attached hydrogens (tertiary/aromatic N) is 2. The van der Waals surface area contributed by atoms with Crippen molar-refractivity contribution in [2.75, 3.05) is 0 Å². The summed E-state index contributed by atoms with van der Waals surface area (Å²) in [6.07, 6.45) is 0. The minimum Gasteiger partial charge on any atom is -0.243 e. The second kappa shape index (κ2) is 12.5. The van der Waals surface area contributed by atoms with E-state index >= 15 is 0 Å². The van der Waals surface area contributed by atoms with Crippen LogP contribution in [0.2, 0.25) is 0 Å². The molecule has 0 saturated heterocycles. The van der Waals surface area contributed by atoms with Crippen molar-refractivity contribution in [3.8, 4) is 65.6 Å². The van der Waals surface area contributed by atoms with Gasteiger partial charge < -0.3 is 0 Å². The highest BCUT2D eigenvalue weighted by molar-refractivity contribution is 9.11. The SMILES string of the molecule is Brc1ccc(-c2ccc(-c3ccc(Br)s3)c3nc(-c4ccc(-c5ccccc5)cc4)c(-c4ccc(-c5ccccc5)cc4)nc23)s1. The molecule has 0 radical (unpaired) electrons. The van der Waals surface area contributed by atoms with Crippen LogP contribution in [0, 0.1) is 0 Å². The Labute approximate surface area is 292 Å². The van der Waals surface area contributed by atoms with E-state index < -0.39 is 0 Å². The van der Waals surface area contributed by atoms with Crippen molar-refractivity contribution in [3.63, 3.8) is 0 Å². The van der Waals surface area contributed by atoms with Crippen LogP contribution in [0.3, 0.4) is 0 Å². The Morgan fingerprint density at radius 3 is 1.04 bits per heavy atom. The first kappa shape index (κ1) is 29.2. The fourth-order valence-electron chi connectivity index (χ4n) is 5.76. The summed E-state index contributed by atoms with van der Waals surface area (Å²) in [6.45, 7) is 0. The number of thiophene rings is 2. The van der Waals surface area contributed by atoms with E-state index in [-0.39, 0.29) is 0 Å². The first-order valence-corrected chi connectivity index (χ1v) is 18.0. The minimum absolute atomic E-state index is 0.862. The molecule has 3 aromatic heterocycles. The molecule has 8 aromatic rings. The van der Waals surface area contributed by atoms with Crippen molar-refractivity contribution in [2.24, 2.45) is 0 Å². The Morgan fingerprint density at radius 1 is 0.348 bits per heavy atom. The quantitative estimate of drug-likeness (QED) is 0.169. The van der Waals surface area contributed by atoms with Crippen LogP contribution in [-0.4, -0.2) is 9.97 Å². The van der Waals surface area contributed by atoms with E-state index in [4.69, 9.17) is 9.97 Å². The highest BCUT2D eigenvalue weighted by Crippen LogP contribution is 2.43. The maximum Gasteiger partial charge on any atom is 0.0988 e. The predicted molar refractivity (Wildman–Crippen MR) is 203 cm³/mol. The Bertz CT molecular complexity index is 2140. The minimum atomic E-state index is 0.862. The molecule has 0 saturated carbocycles. The molecule has 0 aliphatic heterocycles. The normalized spacial score (nSPS) is 11.3. The lowest BCUT2D eigenvalue weighted by molar-refractivity contribution is 1.29. The molecular weight excluding hydrogens is 732 g/mol. The highest BCUT2D eigenvalue weighted by Gasteiger charge is 2.20. The van der Waals surface area contributed by atoms with Gasteiger partial charge >= 0.3 is 0 Å². The lowest BCUT2D eigenvalue weighted by Gasteiger charge is -2.15. The molecule has 0 amide bonds. The maximum atomic E-state index is 5.51. The van der Waals surface area contributed by atoms with Gasteiger partial charge in [-0.2, -0.15) is 0 Å². The van der Waals surface area contributed by atoms with Gasteiger partial charge in [0.15, 0.2) is 0 Å². The van der Waals surface area contributed by atoms with Crippen LogP contribution >= 0.6 is 54.5 Å². The second-order valence-electron chi connectivity index (χ2n) is 10.9. The molecule has 220 valence electrons. The van der Waals surface area contributed by atoms with Crippen molar-refractivity contribution < 1.29 is 0 Å². The van der Waals surface area contributed by atoms with Gasteiger partial charge in [-0.15, -0.1) is 22.7 Å². The zero-order valence-electron chi connectivity index (χ0n) is 24.3. The smallest absolute Gasteiger partial charge is 0.0988 e. The Balaban J connectivity index is 1.37. The number of rotatable bonds is 6. The predicted octanol–water partition coefficient (Wildman–Crippen LogP) is 13.3. The molecule has 0 bridgehead atoms. The van der Waals surface area contributed by atoms with Crippen molar-refractivity contribution in [2.45, 2.75) is 0 Å². The standard InChI is InChI=1S/C40H24Br2N2S2/c41-35-23-21-33(45-35)31-19-20-32(34-22-24-36(42)46-34)40-39(31)43-37(29-15-11-27(12-16-29)25-7-3-1-4-8-25)38(44-40)30-17-13-28(14-18-30)26-9-5-2-6-10-26/h1-24H.